The molecular weight excluding hydrogens is 250 g/mol. The lowest BCUT2D eigenvalue weighted by molar-refractivity contribution is 0.495. The van der Waals surface area contributed by atoms with Crippen molar-refractivity contribution in [1.82, 2.24) is 15.3 Å². The first-order valence-corrected chi connectivity index (χ1v) is 6.46. The fourth-order valence-corrected chi connectivity index (χ4v) is 3.26. The van der Waals surface area contributed by atoms with Gasteiger partial charge in [0.1, 0.15) is 0 Å². The van der Waals surface area contributed by atoms with Gasteiger partial charge >= 0.3 is 0 Å². The summed E-state index contributed by atoms with van der Waals surface area (Å²) in [5, 5.41) is 2.81. The maximum absolute atomic E-state index is 12.0. The molecule has 0 saturated carbocycles. The summed E-state index contributed by atoms with van der Waals surface area (Å²) >= 11 is 0. The second-order valence-corrected chi connectivity index (χ2v) is 5.73. The van der Waals surface area contributed by atoms with Crippen LogP contribution < -0.4 is 5.32 Å². The van der Waals surface area contributed by atoms with Crippen LogP contribution >= 0.6 is 12.4 Å². The van der Waals surface area contributed by atoms with Crippen LogP contribution in [0.15, 0.2) is 23.6 Å². The molecule has 1 aromatic heterocycles. The molecule has 1 fully saturated rings. The van der Waals surface area contributed by atoms with Crippen LogP contribution in [-0.4, -0.2) is 36.7 Å². The van der Waals surface area contributed by atoms with E-state index in [1.165, 1.54) is 18.6 Å². The zero-order chi connectivity index (χ0) is 10.7. The van der Waals surface area contributed by atoms with E-state index in [0.29, 0.717) is 13.0 Å². The fourth-order valence-electron chi connectivity index (χ4n) is 1.69. The molecule has 1 unspecified atom stereocenters. The second-order valence-electron chi connectivity index (χ2n) is 3.56. The van der Waals surface area contributed by atoms with Crippen LogP contribution in [-0.2, 0) is 9.84 Å². The molecule has 0 aliphatic carbocycles. The Morgan fingerprint density at radius 3 is 2.75 bits per heavy atom. The highest BCUT2D eigenvalue weighted by Crippen LogP contribution is 2.18. The third-order valence-corrected chi connectivity index (χ3v) is 4.60. The molecule has 16 heavy (non-hydrogen) atoms. The molecule has 0 spiro atoms. The Morgan fingerprint density at radius 1 is 1.38 bits per heavy atom. The topological polar surface area (TPSA) is 72.0 Å². The Labute approximate surface area is 101 Å². The van der Waals surface area contributed by atoms with Crippen molar-refractivity contribution in [2.45, 2.75) is 23.1 Å². The van der Waals surface area contributed by atoms with Crippen molar-refractivity contribution in [2.24, 2.45) is 0 Å². The van der Waals surface area contributed by atoms with Gasteiger partial charge in [0, 0.05) is 18.9 Å². The summed E-state index contributed by atoms with van der Waals surface area (Å²) in [6.45, 7) is 1.41. The van der Waals surface area contributed by atoms with E-state index in [0.717, 1.165) is 13.0 Å². The van der Waals surface area contributed by atoms with E-state index in [2.05, 4.69) is 15.3 Å². The van der Waals surface area contributed by atoms with Crippen molar-refractivity contribution in [2.75, 3.05) is 13.1 Å². The Balaban J connectivity index is 0.00000128. The van der Waals surface area contributed by atoms with Crippen LogP contribution in [0.2, 0.25) is 0 Å². The van der Waals surface area contributed by atoms with E-state index in [9.17, 15) is 8.42 Å². The van der Waals surface area contributed by atoms with E-state index in [4.69, 9.17) is 0 Å². The number of hydrogen-bond acceptors (Lipinski definition) is 5. The molecule has 1 atom stereocenters. The zero-order valence-corrected chi connectivity index (χ0v) is 10.3. The van der Waals surface area contributed by atoms with Gasteiger partial charge in [-0.05, 0) is 19.4 Å². The Bertz CT molecular complexity index is 418. The molecule has 1 N–H and O–H groups in total. The van der Waals surface area contributed by atoms with E-state index in [-0.39, 0.29) is 22.7 Å². The minimum absolute atomic E-state index is 0. The summed E-state index contributed by atoms with van der Waals surface area (Å²) in [6, 6.07) is 0. The van der Waals surface area contributed by atoms with Crippen LogP contribution in [0.25, 0.3) is 0 Å². The molecule has 1 saturated heterocycles. The Morgan fingerprint density at radius 2 is 2.19 bits per heavy atom. The molecule has 2 rings (SSSR count). The van der Waals surface area contributed by atoms with Crippen molar-refractivity contribution in [3.63, 3.8) is 0 Å². The average molecular weight is 264 g/mol. The molecule has 0 radical (unpaired) electrons. The normalized spacial score (nSPS) is 21.1. The molecule has 1 aliphatic rings. The molecule has 0 amide bonds. The number of aromatic nitrogens is 2. The zero-order valence-electron chi connectivity index (χ0n) is 8.67. The van der Waals surface area contributed by atoms with E-state index in [1.807, 2.05) is 0 Å². The van der Waals surface area contributed by atoms with Gasteiger partial charge in [0.2, 0.25) is 9.84 Å². The predicted molar refractivity (Wildman–Crippen MR) is 62.4 cm³/mol. The first-order chi connectivity index (χ1) is 7.21. The first-order valence-electron chi connectivity index (χ1n) is 4.92. The summed E-state index contributed by atoms with van der Waals surface area (Å²) in [7, 11) is -3.30. The van der Waals surface area contributed by atoms with E-state index in [1.54, 1.807) is 0 Å². The number of sulfone groups is 1. The van der Waals surface area contributed by atoms with Gasteiger partial charge in [-0.25, -0.2) is 13.4 Å². The van der Waals surface area contributed by atoms with Crippen molar-refractivity contribution < 1.29 is 8.42 Å². The molecule has 90 valence electrons. The van der Waals surface area contributed by atoms with Gasteiger partial charge in [-0.1, -0.05) is 0 Å². The fraction of sp³-hybridized carbons (Fsp3) is 0.556. The van der Waals surface area contributed by atoms with Crippen molar-refractivity contribution in [3.05, 3.63) is 18.6 Å². The quantitative estimate of drug-likeness (QED) is 0.838. The van der Waals surface area contributed by atoms with Gasteiger partial charge in [0.05, 0.1) is 11.4 Å². The van der Waals surface area contributed by atoms with Crippen LogP contribution in [0.5, 0.6) is 0 Å². The molecule has 0 bridgehead atoms. The van der Waals surface area contributed by atoms with E-state index < -0.39 is 9.84 Å². The van der Waals surface area contributed by atoms with Gasteiger partial charge in [0.25, 0.3) is 0 Å². The highest BCUT2D eigenvalue weighted by atomic mass is 35.5. The molecule has 1 aliphatic heterocycles. The highest BCUT2D eigenvalue weighted by Gasteiger charge is 2.29. The SMILES string of the molecule is Cl.O=S(=O)(c1cnccn1)C1CCCNC1. The maximum atomic E-state index is 12.0. The van der Waals surface area contributed by atoms with Crippen LogP contribution in [0, 0.1) is 0 Å². The van der Waals surface area contributed by atoms with Gasteiger partial charge in [0.15, 0.2) is 5.03 Å². The predicted octanol–water partition coefficient (Wildman–Crippen LogP) is 0.424. The third-order valence-electron chi connectivity index (χ3n) is 2.52. The number of nitrogens with one attached hydrogen (secondary N) is 1. The average Bonchev–Trinajstić information content (AvgIpc) is 2.31. The molecule has 2 heterocycles. The van der Waals surface area contributed by atoms with E-state index >= 15 is 0 Å². The summed E-state index contributed by atoms with van der Waals surface area (Å²) in [5.74, 6) is 0. The van der Waals surface area contributed by atoms with Gasteiger partial charge in [-0.2, -0.15) is 0 Å². The largest absolute Gasteiger partial charge is 0.315 e. The molecule has 7 heteroatoms. The second kappa shape index (κ2) is 5.56. The van der Waals surface area contributed by atoms with Crippen LogP contribution in [0.3, 0.4) is 0 Å². The summed E-state index contributed by atoms with van der Waals surface area (Å²) < 4.78 is 24.1. The Kier molecular flexibility index (Phi) is 4.64. The first kappa shape index (κ1) is 13.3. The van der Waals surface area contributed by atoms with Crippen molar-refractivity contribution in [1.29, 1.82) is 0 Å². The summed E-state index contributed by atoms with van der Waals surface area (Å²) in [6.07, 6.45) is 5.78. The monoisotopic (exact) mass is 263 g/mol. The minimum Gasteiger partial charge on any atom is -0.315 e. The van der Waals surface area contributed by atoms with Crippen molar-refractivity contribution in [3.8, 4) is 0 Å². The van der Waals surface area contributed by atoms with Crippen LogP contribution in [0.4, 0.5) is 0 Å². The lowest BCUT2D eigenvalue weighted by Gasteiger charge is -2.21. The lowest BCUT2D eigenvalue weighted by atomic mass is 10.2. The third kappa shape index (κ3) is 2.69. The molecule has 0 aromatic carbocycles. The van der Waals surface area contributed by atoms with Crippen LogP contribution in [0.1, 0.15) is 12.8 Å². The maximum Gasteiger partial charge on any atom is 0.201 e. The molecular formula is C9H14ClN3O2S. The summed E-state index contributed by atoms with van der Waals surface area (Å²) in [5.41, 5.74) is 0. The number of piperidine rings is 1. The van der Waals surface area contributed by atoms with Gasteiger partial charge in [-0.3, -0.25) is 4.98 Å². The van der Waals surface area contributed by atoms with Crippen molar-refractivity contribution >= 4 is 22.2 Å². The minimum atomic E-state index is -3.30. The number of hydrogen-bond donors (Lipinski definition) is 1. The molecule has 1 aromatic rings. The summed E-state index contributed by atoms with van der Waals surface area (Å²) in [4.78, 5) is 7.63. The Hall–Kier alpha value is -0.720. The van der Waals surface area contributed by atoms with Gasteiger partial charge < -0.3 is 5.32 Å². The standard InChI is InChI=1S/C9H13N3O2S.ClH/c13-15(14,8-2-1-3-10-6-8)9-7-11-4-5-12-9;/h4-5,7-8,10H,1-3,6H2;1H. The number of nitrogens with zero attached hydrogens (tertiary/aromatic N) is 2. The van der Waals surface area contributed by atoms with Gasteiger partial charge in [-0.15, -0.1) is 12.4 Å². The smallest absolute Gasteiger partial charge is 0.201 e. The number of rotatable bonds is 2. The molecule has 5 nitrogen and oxygen atoms in total. The lowest BCUT2D eigenvalue weighted by Crippen LogP contribution is -2.39. The highest BCUT2D eigenvalue weighted by molar-refractivity contribution is 7.92. The number of halogens is 1.